The minimum atomic E-state index is -3.53. The van der Waals surface area contributed by atoms with Crippen molar-refractivity contribution in [2.24, 2.45) is 0 Å². The van der Waals surface area contributed by atoms with E-state index in [0.717, 1.165) is 5.56 Å². The molecule has 0 saturated carbocycles. The zero-order valence-electron chi connectivity index (χ0n) is 9.62. The number of nitrogens with zero attached hydrogens (tertiary/aromatic N) is 4. The first kappa shape index (κ1) is 13.0. The lowest BCUT2D eigenvalue weighted by atomic mass is 10.1. The van der Waals surface area contributed by atoms with Crippen LogP contribution in [0.1, 0.15) is 12.5 Å². The molecule has 6 nitrogen and oxygen atoms in total. The van der Waals surface area contributed by atoms with Gasteiger partial charge in [-0.2, -0.15) is 0 Å². The molecule has 18 heavy (non-hydrogen) atoms. The van der Waals surface area contributed by atoms with Gasteiger partial charge in [0.2, 0.25) is 9.05 Å². The van der Waals surface area contributed by atoms with Gasteiger partial charge in [-0.3, -0.25) is 0 Å². The Hall–Kier alpha value is -1.47. The number of aryl methyl sites for hydroxylation is 1. The average Bonchev–Trinajstić information content (AvgIpc) is 2.76. The van der Waals surface area contributed by atoms with Gasteiger partial charge in [0.25, 0.3) is 0 Å². The molecule has 8 heteroatoms. The number of rotatable bonds is 4. The summed E-state index contributed by atoms with van der Waals surface area (Å²) < 4.78 is 23.5. The maximum atomic E-state index is 10.9. The van der Waals surface area contributed by atoms with Crippen LogP contribution in [0, 0.1) is 0 Å². The molecule has 0 unspecified atom stereocenters. The molecule has 2 rings (SSSR count). The van der Waals surface area contributed by atoms with Crippen molar-refractivity contribution in [1.29, 1.82) is 0 Å². The molecule has 0 aliphatic rings. The third-order valence-electron chi connectivity index (χ3n) is 2.38. The predicted molar refractivity (Wildman–Crippen MR) is 67.4 cm³/mol. The van der Waals surface area contributed by atoms with Crippen LogP contribution in [-0.2, 0) is 21.3 Å². The van der Waals surface area contributed by atoms with Crippen LogP contribution in [0.15, 0.2) is 24.3 Å². The number of halogens is 1. The fourth-order valence-electron chi connectivity index (χ4n) is 1.57. The minimum absolute atomic E-state index is 0.187. The van der Waals surface area contributed by atoms with Crippen LogP contribution in [0.25, 0.3) is 11.4 Å². The van der Waals surface area contributed by atoms with Gasteiger partial charge < -0.3 is 0 Å². The van der Waals surface area contributed by atoms with Gasteiger partial charge in [-0.1, -0.05) is 24.3 Å². The Morgan fingerprint density at radius 3 is 2.50 bits per heavy atom. The van der Waals surface area contributed by atoms with E-state index >= 15 is 0 Å². The van der Waals surface area contributed by atoms with Crippen molar-refractivity contribution in [1.82, 2.24) is 20.2 Å². The summed E-state index contributed by atoms with van der Waals surface area (Å²) in [5.74, 6) is 0.464. The molecule has 0 radical (unpaired) electrons. The van der Waals surface area contributed by atoms with Crippen LogP contribution in [-0.4, -0.2) is 28.6 Å². The molecule has 0 atom stereocenters. The zero-order chi connectivity index (χ0) is 13.2. The van der Waals surface area contributed by atoms with Crippen molar-refractivity contribution in [3.8, 4) is 11.4 Å². The van der Waals surface area contributed by atoms with Crippen molar-refractivity contribution in [3.63, 3.8) is 0 Å². The topological polar surface area (TPSA) is 77.7 Å². The third-order valence-corrected chi connectivity index (χ3v) is 3.39. The second-order valence-corrected chi connectivity index (χ2v) is 6.48. The Morgan fingerprint density at radius 1 is 1.28 bits per heavy atom. The van der Waals surface area contributed by atoms with Gasteiger partial charge in [0.1, 0.15) is 0 Å². The smallest absolute Gasteiger partial charge is 0.226 e. The fraction of sp³-hybridized carbons (Fsp3) is 0.300. The van der Waals surface area contributed by atoms with E-state index in [1.165, 1.54) is 0 Å². The molecule has 2 aromatic rings. The molecule has 96 valence electrons. The highest BCUT2D eigenvalue weighted by Crippen LogP contribution is 2.18. The van der Waals surface area contributed by atoms with Gasteiger partial charge in [0.05, 0.1) is 5.75 Å². The monoisotopic (exact) mass is 286 g/mol. The number of hydrogen-bond acceptors (Lipinski definition) is 5. The quantitative estimate of drug-likeness (QED) is 0.795. The molecule has 1 heterocycles. The summed E-state index contributed by atoms with van der Waals surface area (Å²) in [5.41, 5.74) is 1.46. The Labute approximate surface area is 109 Å². The number of tetrazole rings is 1. The molecule has 0 spiro atoms. The normalized spacial score (nSPS) is 11.7. The maximum Gasteiger partial charge on any atom is 0.236 e. The molecule has 1 aromatic carbocycles. The summed E-state index contributed by atoms with van der Waals surface area (Å²) >= 11 is 0. The summed E-state index contributed by atoms with van der Waals surface area (Å²) in [6.07, 6.45) is 0. The van der Waals surface area contributed by atoms with E-state index in [-0.39, 0.29) is 5.75 Å². The second-order valence-electron chi connectivity index (χ2n) is 3.70. The van der Waals surface area contributed by atoms with Gasteiger partial charge in [-0.15, -0.1) is 5.10 Å². The minimum Gasteiger partial charge on any atom is -0.226 e. The number of hydrogen-bond donors (Lipinski definition) is 0. The highest BCUT2D eigenvalue weighted by atomic mass is 35.7. The molecule has 0 fully saturated rings. The Bertz CT molecular complexity index is 636. The lowest BCUT2D eigenvalue weighted by molar-refractivity contribution is 0.609. The van der Waals surface area contributed by atoms with Crippen LogP contribution in [0.4, 0.5) is 0 Å². The summed E-state index contributed by atoms with van der Waals surface area (Å²) in [6, 6.07) is 6.94. The van der Waals surface area contributed by atoms with E-state index in [1.807, 2.05) is 6.92 Å². The van der Waals surface area contributed by atoms with Crippen molar-refractivity contribution < 1.29 is 8.42 Å². The SMILES string of the molecule is CCn1nnnc1-c1ccc(CS(=O)(=O)Cl)cc1. The molecule has 0 aliphatic carbocycles. The fourth-order valence-corrected chi connectivity index (χ4v) is 2.54. The third kappa shape index (κ3) is 3.05. The Balaban J connectivity index is 2.28. The van der Waals surface area contributed by atoms with Crippen LogP contribution >= 0.6 is 10.7 Å². The molecule has 1 aromatic heterocycles. The molecular weight excluding hydrogens is 276 g/mol. The van der Waals surface area contributed by atoms with Crippen LogP contribution in [0.2, 0.25) is 0 Å². The average molecular weight is 287 g/mol. The number of aromatic nitrogens is 4. The highest BCUT2D eigenvalue weighted by Gasteiger charge is 2.10. The van der Waals surface area contributed by atoms with E-state index < -0.39 is 9.05 Å². The molecule has 0 saturated heterocycles. The maximum absolute atomic E-state index is 10.9. The first-order valence-electron chi connectivity index (χ1n) is 5.27. The Kier molecular flexibility index (Phi) is 3.63. The van der Waals surface area contributed by atoms with E-state index in [1.54, 1.807) is 28.9 Å². The first-order valence-corrected chi connectivity index (χ1v) is 7.75. The van der Waals surface area contributed by atoms with E-state index in [4.69, 9.17) is 10.7 Å². The van der Waals surface area contributed by atoms with E-state index in [2.05, 4.69) is 15.5 Å². The molecule has 0 bridgehead atoms. The van der Waals surface area contributed by atoms with Gasteiger partial charge in [-0.25, -0.2) is 13.1 Å². The number of benzene rings is 1. The molecule has 0 aliphatic heterocycles. The van der Waals surface area contributed by atoms with Crippen LogP contribution in [0.3, 0.4) is 0 Å². The van der Waals surface area contributed by atoms with Gasteiger partial charge in [0, 0.05) is 22.8 Å². The summed E-state index contributed by atoms with van der Waals surface area (Å²) in [4.78, 5) is 0. The van der Waals surface area contributed by atoms with Crippen LogP contribution < -0.4 is 0 Å². The largest absolute Gasteiger partial charge is 0.236 e. The molecule has 0 amide bonds. The lowest BCUT2D eigenvalue weighted by Gasteiger charge is -2.02. The van der Waals surface area contributed by atoms with Gasteiger partial charge in [0.15, 0.2) is 5.82 Å². The van der Waals surface area contributed by atoms with Crippen molar-refractivity contribution in [2.75, 3.05) is 0 Å². The first-order chi connectivity index (χ1) is 8.49. The van der Waals surface area contributed by atoms with Crippen molar-refractivity contribution >= 4 is 19.7 Å². The van der Waals surface area contributed by atoms with Crippen molar-refractivity contribution in [2.45, 2.75) is 19.2 Å². The van der Waals surface area contributed by atoms with E-state index in [9.17, 15) is 8.42 Å². The van der Waals surface area contributed by atoms with Gasteiger partial charge in [-0.05, 0) is 22.9 Å². The molecular formula is C10H11ClN4O2S. The predicted octanol–water partition coefficient (Wildman–Crippen LogP) is 1.43. The lowest BCUT2D eigenvalue weighted by Crippen LogP contribution is -2.00. The zero-order valence-corrected chi connectivity index (χ0v) is 11.2. The van der Waals surface area contributed by atoms with E-state index in [0.29, 0.717) is 17.9 Å². The second kappa shape index (κ2) is 5.03. The summed E-state index contributed by atoms with van der Waals surface area (Å²) in [7, 11) is 1.66. The Morgan fingerprint density at radius 2 is 1.94 bits per heavy atom. The van der Waals surface area contributed by atoms with Crippen LogP contribution in [0.5, 0.6) is 0 Å². The van der Waals surface area contributed by atoms with Gasteiger partial charge >= 0.3 is 0 Å². The standard InChI is InChI=1S/C10H11ClN4O2S/c1-2-15-10(12-13-14-15)9-5-3-8(4-6-9)7-18(11,16)17/h3-6H,2,7H2,1H3. The van der Waals surface area contributed by atoms with Crippen molar-refractivity contribution in [3.05, 3.63) is 29.8 Å². The summed E-state index contributed by atoms with van der Waals surface area (Å²) in [5, 5.41) is 11.3. The highest BCUT2D eigenvalue weighted by molar-refractivity contribution is 8.13. The molecule has 0 N–H and O–H groups in total. The summed E-state index contributed by atoms with van der Waals surface area (Å²) in [6.45, 7) is 2.61.